The maximum absolute atomic E-state index is 14.2. The van der Waals surface area contributed by atoms with Gasteiger partial charge in [0.15, 0.2) is 0 Å². The first-order chi connectivity index (χ1) is 10.7. The fourth-order valence-electron chi connectivity index (χ4n) is 2.98. The number of amides is 1. The number of carbonyl (C=O) groups excluding carboxylic acids is 1. The van der Waals surface area contributed by atoms with Crippen LogP contribution in [0.1, 0.15) is 34.9 Å². The van der Waals surface area contributed by atoms with Gasteiger partial charge in [0.1, 0.15) is 17.8 Å². The Bertz CT molecular complexity index is 738. The SMILES string of the molecule is O=C1c2ccccc2N[C@H](c2c(F)cccc2F)N1C1CC1. The maximum Gasteiger partial charge on any atom is 0.258 e. The monoisotopic (exact) mass is 300 g/mol. The molecular formula is C17H14F2N2O. The predicted octanol–water partition coefficient (Wildman–Crippen LogP) is 3.69. The van der Waals surface area contributed by atoms with E-state index in [9.17, 15) is 13.6 Å². The molecule has 0 saturated heterocycles. The molecule has 2 aliphatic rings. The largest absolute Gasteiger partial charge is 0.361 e. The Hall–Kier alpha value is -2.43. The summed E-state index contributed by atoms with van der Waals surface area (Å²) in [6, 6.07) is 10.9. The number of carbonyl (C=O) groups is 1. The van der Waals surface area contributed by atoms with Crippen molar-refractivity contribution in [3.05, 3.63) is 65.2 Å². The van der Waals surface area contributed by atoms with E-state index in [2.05, 4.69) is 5.32 Å². The van der Waals surface area contributed by atoms with E-state index < -0.39 is 17.8 Å². The van der Waals surface area contributed by atoms with Gasteiger partial charge in [-0.05, 0) is 37.1 Å². The topological polar surface area (TPSA) is 32.3 Å². The fourth-order valence-corrected chi connectivity index (χ4v) is 2.98. The van der Waals surface area contributed by atoms with Crippen LogP contribution in [0.5, 0.6) is 0 Å². The van der Waals surface area contributed by atoms with Crippen molar-refractivity contribution in [2.24, 2.45) is 0 Å². The molecule has 2 aromatic rings. The zero-order valence-electron chi connectivity index (χ0n) is 11.7. The van der Waals surface area contributed by atoms with Crippen molar-refractivity contribution in [1.82, 2.24) is 4.90 Å². The summed E-state index contributed by atoms with van der Waals surface area (Å²) >= 11 is 0. The van der Waals surface area contributed by atoms with Gasteiger partial charge in [-0.15, -0.1) is 0 Å². The highest BCUT2D eigenvalue weighted by Gasteiger charge is 2.43. The van der Waals surface area contributed by atoms with Gasteiger partial charge in [0.2, 0.25) is 0 Å². The maximum atomic E-state index is 14.2. The molecule has 1 saturated carbocycles. The predicted molar refractivity (Wildman–Crippen MR) is 78.4 cm³/mol. The highest BCUT2D eigenvalue weighted by molar-refractivity contribution is 6.02. The molecule has 1 aliphatic heterocycles. The number of fused-ring (bicyclic) bond motifs is 1. The minimum absolute atomic E-state index is 0.0392. The van der Waals surface area contributed by atoms with Gasteiger partial charge in [-0.1, -0.05) is 18.2 Å². The summed E-state index contributed by atoms with van der Waals surface area (Å²) in [5.41, 5.74) is 1.05. The Kier molecular flexibility index (Phi) is 2.89. The lowest BCUT2D eigenvalue weighted by Gasteiger charge is -2.38. The molecule has 1 aliphatic carbocycles. The number of hydrogen-bond donors (Lipinski definition) is 1. The molecule has 2 aromatic carbocycles. The van der Waals surface area contributed by atoms with Crippen LogP contribution in [-0.2, 0) is 0 Å². The molecular weight excluding hydrogens is 286 g/mol. The van der Waals surface area contributed by atoms with Crippen LogP contribution in [0.3, 0.4) is 0 Å². The molecule has 0 radical (unpaired) electrons. The summed E-state index contributed by atoms with van der Waals surface area (Å²) < 4.78 is 28.4. The third-order valence-electron chi connectivity index (χ3n) is 4.18. The van der Waals surface area contributed by atoms with Crippen molar-refractivity contribution < 1.29 is 13.6 Å². The number of nitrogens with zero attached hydrogens (tertiary/aromatic N) is 1. The van der Waals surface area contributed by atoms with E-state index in [1.807, 2.05) is 0 Å². The number of rotatable bonds is 2. The van der Waals surface area contributed by atoms with Crippen molar-refractivity contribution in [1.29, 1.82) is 0 Å². The second-order valence-electron chi connectivity index (χ2n) is 5.67. The van der Waals surface area contributed by atoms with Gasteiger partial charge in [0.05, 0.1) is 11.1 Å². The number of halogens is 2. The molecule has 1 N–H and O–H groups in total. The number of anilines is 1. The second-order valence-corrected chi connectivity index (χ2v) is 5.67. The van der Waals surface area contributed by atoms with Crippen LogP contribution in [0, 0.1) is 11.6 Å². The Morgan fingerprint density at radius 1 is 1.00 bits per heavy atom. The first-order valence-electron chi connectivity index (χ1n) is 7.29. The highest BCUT2D eigenvalue weighted by Crippen LogP contribution is 2.41. The number of benzene rings is 2. The van der Waals surface area contributed by atoms with Gasteiger partial charge in [-0.25, -0.2) is 8.78 Å². The average Bonchev–Trinajstić information content (AvgIpc) is 3.32. The van der Waals surface area contributed by atoms with Crippen molar-refractivity contribution in [3.63, 3.8) is 0 Å². The van der Waals surface area contributed by atoms with E-state index in [1.165, 1.54) is 18.2 Å². The van der Waals surface area contributed by atoms with Crippen LogP contribution in [0.2, 0.25) is 0 Å². The van der Waals surface area contributed by atoms with Gasteiger partial charge >= 0.3 is 0 Å². The van der Waals surface area contributed by atoms with E-state index in [4.69, 9.17) is 0 Å². The molecule has 1 fully saturated rings. The van der Waals surface area contributed by atoms with Crippen LogP contribution in [0.4, 0.5) is 14.5 Å². The molecule has 0 aromatic heterocycles. The van der Waals surface area contributed by atoms with Crippen LogP contribution < -0.4 is 5.32 Å². The van der Waals surface area contributed by atoms with Crippen LogP contribution in [-0.4, -0.2) is 16.8 Å². The summed E-state index contributed by atoms with van der Waals surface area (Å²) in [5.74, 6) is -1.46. The van der Waals surface area contributed by atoms with Crippen molar-refractivity contribution >= 4 is 11.6 Å². The van der Waals surface area contributed by atoms with Crippen molar-refractivity contribution in [2.45, 2.75) is 25.0 Å². The zero-order chi connectivity index (χ0) is 15.3. The van der Waals surface area contributed by atoms with Crippen LogP contribution >= 0.6 is 0 Å². The number of nitrogens with one attached hydrogen (secondary N) is 1. The standard InChI is InChI=1S/C17H14F2N2O/c18-12-5-3-6-13(19)15(12)16-20-14-7-2-1-4-11(14)17(22)21(16)10-8-9-10/h1-7,10,16,20H,8-9H2/t16-/m0/s1. The summed E-state index contributed by atoms with van der Waals surface area (Å²) in [6.45, 7) is 0. The molecule has 22 heavy (non-hydrogen) atoms. The number of hydrogen-bond acceptors (Lipinski definition) is 2. The Balaban J connectivity index is 1.86. The summed E-state index contributed by atoms with van der Waals surface area (Å²) in [7, 11) is 0. The molecule has 0 bridgehead atoms. The van der Waals surface area contributed by atoms with Gasteiger partial charge in [-0.2, -0.15) is 0 Å². The lowest BCUT2D eigenvalue weighted by atomic mass is 10.0. The second kappa shape index (κ2) is 4.80. The highest BCUT2D eigenvalue weighted by atomic mass is 19.1. The summed E-state index contributed by atoms with van der Waals surface area (Å²) in [6.07, 6.45) is 0.917. The molecule has 1 amide bonds. The average molecular weight is 300 g/mol. The molecule has 1 atom stereocenters. The van der Waals surface area contributed by atoms with Crippen LogP contribution in [0.15, 0.2) is 42.5 Å². The van der Waals surface area contributed by atoms with E-state index in [-0.39, 0.29) is 17.5 Å². The van der Waals surface area contributed by atoms with E-state index in [1.54, 1.807) is 29.2 Å². The van der Waals surface area contributed by atoms with Crippen molar-refractivity contribution in [2.75, 3.05) is 5.32 Å². The van der Waals surface area contributed by atoms with Crippen LogP contribution in [0.25, 0.3) is 0 Å². The van der Waals surface area contributed by atoms with Gasteiger partial charge in [0.25, 0.3) is 5.91 Å². The van der Waals surface area contributed by atoms with Crippen molar-refractivity contribution in [3.8, 4) is 0 Å². The van der Waals surface area contributed by atoms with Gasteiger partial charge in [-0.3, -0.25) is 4.79 Å². The smallest absolute Gasteiger partial charge is 0.258 e. The van der Waals surface area contributed by atoms with Gasteiger partial charge < -0.3 is 10.2 Å². The summed E-state index contributed by atoms with van der Waals surface area (Å²) in [5, 5.41) is 3.12. The van der Waals surface area contributed by atoms with E-state index in [0.29, 0.717) is 11.3 Å². The number of para-hydroxylation sites is 1. The van der Waals surface area contributed by atoms with Gasteiger partial charge in [0, 0.05) is 11.7 Å². The third kappa shape index (κ3) is 1.96. The Morgan fingerprint density at radius 2 is 1.68 bits per heavy atom. The quantitative estimate of drug-likeness (QED) is 0.917. The Labute approximate surface area is 126 Å². The first kappa shape index (κ1) is 13.2. The minimum atomic E-state index is -0.809. The molecule has 5 heteroatoms. The molecule has 0 unspecified atom stereocenters. The molecule has 4 rings (SSSR count). The molecule has 1 heterocycles. The zero-order valence-corrected chi connectivity index (χ0v) is 11.7. The normalized spacial score (nSPS) is 20.5. The third-order valence-corrected chi connectivity index (χ3v) is 4.18. The Morgan fingerprint density at radius 3 is 2.36 bits per heavy atom. The first-order valence-corrected chi connectivity index (χ1v) is 7.29. The lowest BCUT2D eigenvalue weighted by molar-refractivity contribution is 0.0660. The molecule has 3 nitrogen and oxygen atoms in total. The molecule has 0 spiro atoms. The van der Waals surface area contributed by atoms with E-state index in [0.717, 1.165) is 12.8 Å². The summed E-state index contributed by atoms with van der Waals surface area (Å²) in [4.78, 5) is 14.3. The molecule has 112 valence electrons. The lowest BCUT2D eigenvalue weighted by Crippen LogP contribution is -2.45. The van der Waals surface area contributed by atoms with E-state index >= 15 is 0 Å². The fraction of sp³-hybridized carbons (Fsp3) is 0.235. The minimum Gasteiger partial charge on any atom is -0.361 e.